The molecule has 8 heteroatoms. The van der Waals surface area contributed by atoms with Crippen LogP contribution in [-0.4, -0.2) is 47.8 Å². The van der Waals surface area contributed by atoms with Crippen LogP contribution in [0.5, 0.6) is 0 Å². The molecule has 1 aromatic rings. The van der Waals surface area contributed by atoms with E-state index < -0.39 is 10.0 Å². The van der Waals surface area contributed by atoms with Gasteiger partial charge in [0, 0.05) is 20.1 Å². The summed E-state index contributed by atoms with van der Waals surface area (Å²) in [5.74, 6) is -0.215. The second-order valence-electron chi connectivity index (χ2n) is 5.22. The highest BCUT2D eigenvalue weighted by Crippen LogP contribution is 2.21. The van der Waals surface area contributed by atoms with E-state index in [0.717, 1.165) is 12.1 Å². The van der Waals surface area contributed by atoms with Gasteiger partial charge in [0.15, 0.2) is 0 Å². The summed E-state index contributed by atoms with van der Waals surface area (Å²) in [5, 5.41) is 9.16. The van der Waals surface area contributed by atoms with Crippen molar-refractivity contribution in [1.29, 1.82) is 0 Å². The molecule has 1 atom stereocenters. The Hall–Kier alpha value is -1.41. The van der Waals surface area contributed by atoms with Crippen LogP contribution in [0, 0.1) is 5.92 Å². The van der Waals surface area contributed by atoms with Gasteiger partial charge in [0.2, 0.25) is 10.0 Å². The van der Waals surface area contributed by atoms with Crippen LogP contribution < -0.4 is 5.14 Å². The Morgan fingerprint density at radius 2 is 2.25 bits per heavy atom. The number of sulfonamides is 1. The topological polar surface area (TPSA) is 98.3 Å². The number of hydrogen-bond donors (Lipinski definition) is 1. The van der Waals surface area contributed by atoms with Gasteiger partial charge in [0.1, 0.15) is 0 Å². The van der Waals surface area contributed by atoms with Crippen molar-refractivity contribution in [3.05, 3.63) is 17.5 Å². The number of likely N-dealkylation sites (tertiary alicyclic amines) is 1. The van der Waals surface area contributed by atoms with Crippen molar-refractivity contribution in [2.24, 2.45) is 18.1 Å². The molecule has 112 valence electrons. The van der Waals surface area contributed by atoms with Crippen LogP contribution in [0.25, 0.3) is 0 Å². The highest BCUT2D eigenvalue weighted by atomic mass is 32.2. The van der Waals surface area contributed by atoms with Crippen molar-refractivity contribution < 1.29 is 13.2 Å². The average molecular weight is 300 g/mol. The maximum Gasteiger partial charge on any atom is 0.257 e. The predicted octanol–water partition coefficient (Wildman–Crippen LogP) is -0.267. The molecule has 0 aliphatic carbocycles. The summed E-state index contributed by atoms with van der Waals surface area (Å²) in [4.78, 5) is 14.1. The van der Waals surface area contributed by atoms with Gasteiger partial charge in [-0.1, -0.05) is 6.92 Å². The molecule has 7 nitrogen and oxygen atoms in total. The highest BCUT2D eigenvalue weighted by molar-refractivity contribution is 7.89. The van der Waals surface area contributed by atoms with Crippen molar-refractivity contribution in [3.8, 4) is 0 Å². The van der Waals surface area contributed by atoms with E-state index in [1.807, 2.05) is 14.0 Å². The molecule has 1 fully saturated rings. The quantitative estimate of drug-likeness (QED) is 0.827. The standard InChI is InChI=1S/C12H20N4O3S/c1-3-11-10(6-14-15(11)2)12(17)16-5-4-9(7-16)8-20(13,18)19/h6,9H,3-5,7-8H2,1-2H3,(H2,13,18,19). The minimum absolute atomic E-state index is 0.0650. The molecule has 1 amide bonds. The molecule has 1 unspecified atom stereocenters. The number of carbonyl (C=O) groups excluding carboxylic acids is 1. The Kier molecular flexibility index (Phi) is 4.14. The van der Waals surface area contributed by atoms with E-state index in [0.29, 0.717) is 25.1 Å². The fraction of sp³-hybridized carbons (Fsp3) is 0.667. The molecule has 2 heterocycles. The maximum atomic E-state index is 12.4. The van der Waals surface area contributed by atoms with E-state index in [4.69, 9.17) is 5.14 Å². The first kappa shape index (κ1) is 15.0. The lowest BCUT2D eigenvalue weighted by Crippen LogP contribution is -2.31. The van der Waals surface area contributed by atoms with Gasteiger partial charge in [-0.15, -0.1) is 0 Å². The molecule has 1 aromatic heterocycles. The lowest BCUT2D eigenvalue weighted by molar-refractivity contribution is 0.0787. The molecule has 2 rings (SSSR count). The van der Waals surface area contributed by atoms with Gasteiger partial charge in [-0.2, -0.15) is 5.10 Å². The van der Waals surface area contributed by atoms with Gasteiger partial charge >= 0.3 is 0 Å². The van der Waals surface area contributed by atoms with Crippen molar-refractivity contribution >= 4 is 15.9 Å². The van der Waals surface area contributed by atoms with Crippen molar-refractivity contribution in [2.45, 2.75) is 19.8 Å². The van der Waals surface area contributed by atoms with E-state index >= 15 is 0 Å². The van der Waals surface area contributed by atoms with Gasteiger partial charge in [-0.05, 0) is 18.8 Å². The van der Waals surface area contributed by atoms with Gasteiger partial charge in [-0.3, -0.25) is 9.48 Å². The zero-order valence-electron chi connectivity index (χ0n) is 11.7. The second-order valence-corrected chi connectivity index (χ2v) is 6.88. The Balaban J connectivity index is 2.08. The fourth-order valence-electron chi connectivity index (χ4n) is 2.71. The normalized spacial score (nSPS) is 19.6. The van der Waals surface area contributed by atoms with Crippen LogP contribution >= 0.6 is 0 Å². The summed E-state index contributed by atoms with van der Waals surface area (Å²) in [6.45, 7) is 2.98. The second kappa shape index (κ2) is 5.53. The van der Waals surface area contributed by atoms with E-state index in [1.54, 1.807) is 15.8 Å². The SMILES string of the molecule is CCc1c(C(=O)N2CCC(CS(N)(=O)=O)C2)cnn1C. The molecule has 1 saturated heterocycles. The number of nitrogens with two attached hydrogens (primary N) is 1. The molecule has 0 saturated carbocycles. The largest absolute Gasteiger partial charge is 0.338 e. The smallest absolute Gasteiger partial charge is 0.257 e. The molecule has 1 aliphatic rings. The molecule has 1 aliphatic heterocycles. The zero-order valence-corrected chi connectivity index (χ0v) is 12.6. The molecule has 20 heavy (non-hydrogen) atoms. The van der Waals surface area contributed by atoms with Gasteiger partial charge in [0.05, 0.1) is 23.2 Å². The number of amides is 1. The summed E-state index contributed by atoms with van der Waals surface area (Å²) in [7, 11) is -1.68. The first-order chi connectivity index (χ1) is 9.31. The van der Waals surface area contributed by atoms with Crippen LogP contribution in [0.4, 0.5) is 0 Å². The minimum atomic E-state index is -3.48. The third-order valence-electron chi connectivity index (χ3n) is 3.67. The van der Waals surface area contributed by atoms with Gasteiger partial charge in [0.25, 0.3) is 5.91 Å². The van der Waals surface area contributed by atoms with E-state index in [1.165, 1.54) is 0 Å². The number of hydrogen-bond acceptors (Lipinski definition) is 4. The fourth-order valence-corrected chi connectivity index (χ4v) is 3.64. The molecular weight excluding hydrogens is 280 g/mol. The summed E-state index contributed by atoms with van der Waals surface area (Å²) >= 11 is 0. The Bertz CT molecular complexity index is 608. The van der Waals surface area contributed by atoms with Crippen LogP contribution in [0.2, 0.25) is 0 Å². The average Bonchev–Trinajstić information content (AvgIpc) is 2.93. The third kappa shape index (κ3) is 3.18. The Morgan fingerprint density at radius 3 is 2.85 bits per heavy atom. The number of primary sulfonamides is 1. The third-order valence-corrected chi connectivity index (χ3v) is 4.60. The molecule has 2 N–H and O–H groups in total. The summed E-state index contributed by atoms with van der Waals surface area (Å²) in [5.41, 5.74) is 1.50. The first-order valence-corrected chi connectivity index (χ1v) is 8.34. The van der Waals surface area contributed by atoms with Crippen LogP contribution in [0.15, 0.2) is 6.20 Å². The maximum absolute atomic E-state index is 12.4. The lowest BCUT2D eigenvalue weighted by Gasteiger charge is -2.16. The minimum Gasteiger partial charge on any atom is -0.338 e. The number of carbonyl (C=O) groups is 1. The van der Waals surface area contributed by atoms with E-state index in [9.17, 15) is 13.2 Å². The number of nitrogens with zero attached hydrogens (tertiary/aromatic N) is 3. The van der Waals surface area contributed by atoms with Crippen LogP contribution in [0.3, 0.4) is 0 Å². The monoisotopic (exact) mass is 300 g/mol. The van der Waals surface area contributed by atoms with Crippen LogP contribution in [0.1, 0.15) is 29.4 Å². The number of aryl methyl sites for hydroxylation is 1. The Morgan fingerprint density at radius 1 is 1.55 bits per heavy atom. The highest BCUT2D eigenvalue weighted by Gasteiger charge is 2.30. The van der Waals surface area contributed by atoms with E-state index in [-0.39, 0.29) is 17.6 Å². The summed E-state index contributed by atoms with van der Waals surface area (Å²) < 4.78 is 23.9. The Labute approximate surface area is 118 Å². The van der Waals surface area contributed by atoms with Crippen molar-refractivity contribution in [1.82, 2.24) is 14.7 Å². The molecule has 0 radical (unpaired) electrons. The number of rotatable bonds is 4. The number of aromatic nitrogens is 2. The van der Waals surface area contributed by atoms with Gasteiger partial charge in [-0.25, -0.2) is 13.6 Å². The summed E-state index contributed by atoms with van der Waals surface area (Å²) in [6, 6.07) is 0. The van der Waals surface area contributed by atoms with Crippen LogP contribution in [-0.2, 0) is 23.5 Å². The predicted molar refractivity (Wildman–Crippen MR) is 74.6 cm³/mol. The molecule has 0 spiro atoms. The van der Waals surface area contributed by atoms with Crippen molar-refractivity contribution in [2.75, 3.05) is 18.8 Å². The first-order valence-electron chi connectivity index (χ1n) is 6.62. The van der Waals surface area contributed by atoms with Crippen molar-refractivity contribution in [3.63, 3.8) is 0 Å². The molecular formula is C12H20N4O3S. The molecule has 0 aromatic carbocycles. The van der Waals surface area contributed by atoms with Gasteiger partial charge < -0.3 is 4.90 Å². The summed E-state index contributed by atoms with van der Waals surface area (Å²) in [6.07, 6.45) is 2.98. The molecule has 0 bridgehead atoms. The zero-order chi connectivity index (χ0) is 14.9. The van der Waals surface area contributed by atoms with E-state index in [2.05, 4.69) is 5.10 Å². The lowest BCUT2D eigenvalue weighted by atomic mass is 10.1.